The smallest absolute Gasteiger partial charge is 0.386 e. The van der Waals surface area contributed by atoms with Gasteiger partial charge in [0.15, 0.2) is 0 Å². The van der Waals surface area contributed by atoms with Crippen LogP contribution >= 0.6 is 0 Å². The van der Waals surface area contributed by atoms with Gasteiger partial charge in [-0.2, -0.15) is 13.2 Å². The standard InChI is InChI=1S/C13H14F3NO3/c1-17-10-3-2-8(4-9(10)5-12(17)19)11(18)6-20-7-13(14,15)16/h2-4,11,18H,5-7H2,1H3. The zero-order valence-electron chi connectivity index (χ0n) is 10.8. The molecule has 1 aromatic carbocycles. The van der Waals surface area contributed by atoms with Gasteiger partial charge in [-0.1, -0.05) is 12.1 Å². The SMILES string of the molecule is CN1C(=O)Cc2cc(C(O)COCC(F)(F)F)ccc21. The van der Waals surface area contributed by atoms with Crippen molar-refractivity contribution in [3.8, 4) is 0 Å². The van der Waals surface area contributed by atoms with Gasteiger partial charge in [0.2, 0.25) is 5.91 Å². The summed E-state index contributed by atoms with van der Waals surface area (Å²) in [5.41, 5.74) is 1.95. The second-order valence-electron chi connectivity index (χ2n) is 4.66. The molecule has 1 amide bonds. The number of hydrogen-bond acceptors (Lipinski definition) is 3. The summed E-state index contributed by atoms with van der Waals surface area (Å²) in [7, 11) is 1.65. The number of aliphatic hydroxyl groups excluding tert-OH is 1. The van der Waals surface area contributed by atoms with Crippen LogP contribution in [0.3, 0.4) is 0 Å². The molecule has 0 aliphatic carbocycles. The monoisotopic (exact) mass is 289 g/mol. The molecule has 1 unspecified atom stereocenters. The first-order chi connectivity index (χ1) is 9.28. The van der Waals surface area contributed by atoms with Gasteiger partial charge in [-0.25, -0.2) is 0 Å². The van der Waals surface area contributed by atoms with Crippen molar-refractivity contribution < 1.29 is 27.8 Å². The molecule has 0 saturated carbocycles. The third kappa shape index (κ3) is 3.29. The Kier molecular flexibility index (Phi) is 4.01. The van der Waals surface area contributed by atoms with Gasteiger partial charge in [0, 0.05) is 12.7 Å². The van der Waals surface area contributed by atoms with Crippen molar-refractivity contribution >= 4 is 11.6 Å². The van der Waals surface area contributed by atoms with Crippen LogP contribution < -0.4 is 4.90 Å². The highest BCUT2D eigenvalue weighted by atomic mass is 19.4. The van der Waals surface area contributed by atoms with Crippen molar-refractivity contribution in [3.05, 3.63) is 29.3 Å². The summed E-state index contributed by atoms with van der Waals surface area (Å²) in [4.78, 5) is 13.0. The van der Waals surface area contributed by atoms with Crippen LogP contribution in [0, 0.1) is 0 Å². The maximum atomic E-state index is 11.9. The zero-order chi connectivity index (χ0) is 14.9. The zero-order valence-corrected chi connectivity index (χ0v) is 10.8. The van der Waals surface area contributed by atoms with Crippen molar-refractivity contribution in [2.45, 2.75) is 18.7 Å². The predicted octanol–water partition coefficient (Wildman–Crippen LogP) is 1.82. The summed E-state index contributed by atoms with van der Waals surface area (Å²) in [6.45, 7) is -1.84. The first-order valence-electron chi connectivity index (χ1n) is 6.00. The van der Waals surface area contributed by atoms with Gasteiger partial charge >= 0.3 is 6.18 Å². The van der Waals surface area contributed by atoms with Gasteiger partial charge in [0.25, 0.3) is 0 Å². The lowest BCUT2D eigenvalue weighted by Crippen LogP contribution is -2.20. The van der Waals surface area contributed by atoms with Crippen LogP contribution in [0.2, 0.25) is 0 Å². The van der Waals surface area contributed by atoms with Crippen LogP contribution in [0.15, 0.2) is 18.2 Å². The van der Waals surface area contributed by atoms with E-state index in [-0.39, 0.29) is 12.3 Å². The number of benzene rings is 1. The number of ether oxygens (including phenoxy) is 1. The van der Waals surface area contributed by atoms with Crippen LogP contribution in [0.4, 0.5) is 18.9 Å². The summed E-state index contributed by atoms with van der Waals surface area (Å²) in [6.07, 6.45) is -5.33. The minimum Gasteiger partial charge on any atom is -0.386 e. The first-order valence-corrected chi connectivity index (χ1v) is 6.00. The Bertz CT molecular complexity index is 516. The van der Waals surface area contributed by atoms with E-state index in [1.54, 1.807) is 25.2 Å². The Balaban J connectivity index is 2.00. The molecule has 0 spiro atoms. The molecule has 0 radical (unpaired) electrons. The Morgan fingerprint density at radius 3 is 2.80 bits per heavy atom. The average molecular weight is 289 g/mol. The predicted molar refractivity (Wildman–Crippen MR) is 65.4 cm³/mol. The Morgan fingerprint density at radius 2 is 2.15 bits per heavy atom. The summed E-state index contributed by atoms with van der Waals surface area (Å²) in [5.74, 6) is -0.0556. The molecule has 1 atom stereocenters. The molecule has 110 valence electrons. The van der Waals surface area contributed by atoms with E-state index in [0.717, 1.165) is 11.3 Å². The lowest BCUT2D eigenvalue weighted by Gasteiger charge is -2.15. The number of halogens is 3. The lowest BCUT2D eigenvalue weighted by atomic mass is 10.0. The molecule has 1 aromatic rings. The molecular weight excluding hydrogens is 275 g/mol. The number of nitrogens with zero attached hydrogens (tertiary/aromatic N) is 1. The number of carbonyl (C=O) groups is 1. The molecule has 7 heteroatoms. The van der Waals surface area contributed by atoms with E-state index in [1.807, 2.05) is 0 Å². The van der Waals surface area contributed by atoms with Crippen LogP contribution in [0.25, 0.3) is 0 Å². The van der Waals surface area contributed by atoms with Crippen molar-refractivity contribution in [1.29, 1.82) is 0 Å². The fourth-order valence-electron chi connectivity index (χ4n) is 2.08. The maximum absolute atomic E-state index is 11.9. The number of aliphatic hydroxyl groups is 1. The van der Waals surface area contributed by atoms with E-state index in [9.17, 15) is 23.1 Å². The molecule has 1 heterocycles. The highest BCUT2D eigenvalue weighted by Gasteiger charge is 2.28. The number of fused-ring (bicyclic) bond motifs is 1. The molecule has 1 aliphatic rings. The minimum atomic E-state index is -4.41. The Hall–Kier alpha value is -1.60. The molecule has 0 aromatic heterocycles. The first kappa shape index (κ1) is 14.8. The molecule has 2 rings (SSSR count). The molecule has 1 N–H and O–H groups in total. The van der Waals surface area contributed by atoms with Crippen LogP contribution in [0.5, 0.6) is 0 Å². The fourth-order valence-corrected chi connectivity index (χ4v) is 2.08. The third-order valence-corrected chi connectivity index (χ3v) is 3.11. The number of alkyl halides is 3. The lowest BCUT2D eigenvalue weighted by molar-refractivity contribution is -0.179. The number of hydrogen-bond donors (Lipinski definition) is 1. The van der Waals surface area contributed by atoms with Crippen LogP contribution in [-0.4, -0.2) is 37.5 Å². The van der Waals surface area contributed by atoms with E-state index in [1.165, 1.54) is 4.90 Å². The average Bonchev–Trinajstić information content (AvgIpc) is 2.63. The van der Waals surface area contributed by atoms with E-state index < -0.39 is 25.5 Å². The van der Waals surface area contributed by atoms with Gasteiger partial charge in [-0.3, -0.25) is 4.79 Å². The molecule has 1 aliphatic heterocycles. The summed E-state index contributed by atoms with van der Waals surface area (Å²) >= 11 is 0. The molecule has 4 nitrogen and oxygen atoms in total. The van der Waals surface area contributed by atoms with E-state index in [0.29, 0.717) is 5.56 Å². The normalized spacial score (nSPS) is 16.4. The quantitative estimate of drug-likeness (QED) is 0.920. The number of rotatable bonds is 4. The number of likely N-dealkylation sites (N-methyl/N-ethyl adjacent to an activating group) is 1. The second-order valence-corrected chi connectivity index (χ2v) is 4.66. The minimum absolute atomic E-state index is 0.0556. The van der Waals surface area contributed by atoms with Crippen molar-refractivity contribution in [3.63, 3.8) is 0 Å². The Morgan fingerprint density at radius 1 is 1.45 bits per heavy atom. The second kappa shape index (κ2) is 5.41. The largest absolute Gasteiger partial charge is 0.411 e. The fraction of sp³-hybridized carbons (Fsp3) is 0.462. The third-order valence-electron chi connectivity index (χ3n) is 3.11. The molecule has 0 bridgehead atoms. The molecule has 20 heavy (non-hydrogen) atoms. The van der Waals surface area contributed by atoms with E-state index in [4.69, 9.17) is 0 Å². The molecule has 0 fully saturated rings. The van der Waals surface area contributed by atoms with Crippen LogP contribution in [-0.2, 0) is 16.0 Å². The highest BCUT2D eigenvalue weighted by molar-refractivity contribution is 6.00. The number of carbonyl (C=O) groups excluding carboxylic acids is 1. The van der Waals surface area contributed by atoms with Crippen molar-refractivity contribution in [2.75, 3.05) is 25.2 Å². The van der Waals surface area contributed by atoms with Gasteiger partial charge in [0.1, 0.15) is 12.7 Å². The number of anilines is 1. The number of amides is 1. The van der Waals surface area contributed by atoms with Crippen molar-refractivity contribution in [2.24, 2.45) is 0 Å². The summed E-state index contributed by atoms with van der Waals surface area (Å²) < 4.78 is 40.2. The van der Waals surface area contributed by atoms with Gasteiger partial charge in [-0.05, 0) is 17.2 Å². The van der Waals surface area contributed by atoms with Gasteiger partial charge < -0.3 is 14.7 Å². The van der Waals surface area contributed by atoms with Crippen molar-refractivity contribution in [1.82, 2.24) is 0 Å². The summed E-state index contributed by atoms with van der Waals surface area (Å²) in [6, 6.07) is 4.87. The highest BCUT2D eigenvalue weighted by Crippen LogP contribution is 2.30. The van der Waals surface area contributed by atoms with Gasteiger partial charge in [0.05, 0.1) is 13.0 Å². The maximum Gasteiger partial charge on any atom is 0.411 e. The molecule has 0 saturated heterocycles. The molecular formula is C13H14F3NO3. The Labute approximate surface area is 113 Å². The summed E-state index contributed by atoms with van der Waals surface area (Å²) in [5, 5.41) is 9.79. The van der Waals surface area contributed by atoms with E-state index >= 15 is 0 Å². The van der Waals surface area contributed by atoms with Crippen LogP contribution in [0.1, 0.15) is 17.2 Å². The van der Waals surface area contributed by atoms with Gasteiger partial charge in [-0.15, -0.1) is 0 Å². The van der Waals surface area contributed by atoms with E-state index in [2.05, 4.69) is 4.74 Å². The topological polar surface area (TPSA) is 49.8 Å².